The maximum Gasteiger partial charge on any atom is 0.336 e. The maximum absolute atomic E-state index is 14.8. The summed E-state index contributed by atoms with van der Waals surface area (Å²) in [6.45, 7) is 1.76. The maximum atomic E-state index is 14.8. The molecule has 2 aromatic carbocycles. The standard InChI is InChI=1S/C25H24FNO4/c1-14-22(25(29)31-3)23(18-6-4-5-7-19(18)26)24-20(27-14)12-16(13-21(24)28)15-8-10-17(30-2)11-9-15/h4-11,16,23,27H,12-13H2,1-3H3/t16-,23+/m0/s1. The minimum absolute atomic E-state index is 0.0154. The van der Waals surface area contributed by atoms with Crippen LogP contribution in [-0.2, 0) is 14.3 Å². The number of carbonyl (C=O) groups is 2. The lowest BCUT2D eigenvalue weighted by Crippen LogP contribution is -2.36. The van der Waals surface area contributed by atoms with Crippen LogP contribution < -0.4 is 10.1 Å². The van der Waals surface area contributed by atoms with Gasteiger partial charge >= 0.3 is 5.97 Å². The summed E-state index contributed by atoms with van der Waals surface area (Å²) in [4.78, 5) is 26.0. The summed E-state index contributed by atoms with van der Waals surface area (Å²) >= 11 is 0. The van der Waals surface area contributed by atoms with Crippen molar-refractivity contribution in [3.8, 4) is 5.75 Å². The number of hydrogen-bond donors (Lipinski definition) is 1. The third kappa shape index (κ3) is 3.74. The molecule has 0 saturated heterocycles. The topological polar surface area (TPSA) is 64.6 Å². The number of nitrogens with one attached hydrogen (secondary N) is 1. The van der Waals surface area contributed by atoms with Gasteiger partial charge in [-0.1, -0.05) is 30.3 Å². The first-order chi connectivity index (χ1) is 14.9. The average molecular weight is 421 g/mol. The van der Waals surface area contributed by atoms with Crippen molar-refractivity contribution in [2.45, 2.75) is 31.6 Å². The van der Waals surface area contributed by atoms with Crippen molar-refractivity contribution in [3.63, 3.8) is 0 Å². The second-order valence-electron chi connectivity index (χ2n) is 7.80. The van der Waals surface area contributed by atoms with Crippen LogP contribution in [0.2, 0.25) is 0 Å². The van der Waals surface area contributed by atoms with Crippen LogP contribution in [0, 0.1) is 5.82 Å². The van der Waals surface area contributed by atoms with Crippen molar-refractivity contribution in [2.24, 2.45) is 0 Å². The molecule has 1 aliphatic carbocycles. The van der Waals surface area contributed by atoms with Crippen LogP contribution in [0.5, 0.6) is 5.75 Å². The molecule has 160 valence electrons. The predicted octanol–water partition coefficient (Wildman–Crippen LogP) is 4.37. The Morgan fingerprint density at radius 2 is 1.77 bits per heavy atom. The molecule has 0 spiro atoms. The molecule has 1 heterocycles. The molecule has 31 heavy (non-hydrogen) atoms. The van der Waals surface area contributed by atoms with E-state index in [9.17, 15) is 14.0 Å². The van der Waals surface area contributed by atoms with Crippen LogP contribution in [0.25, 0.3) is 0 Å². The summed E-state index contributed by atoms with van der Waals surface area (Å²) in [7, 11) is 2.90. The molecule has 0 aromatic heterocycles. The molecular weight excluding hydrogens is 397 g/mol. The summed E-state index contributed by atoms with van der Waals surface area (Å²) in [5, 5.41) is 3.25. The minimum Gasteiger partial charge on any atom is -0.497 e. The van der Waals surface area contributed by atoms with Crippen molar-refractivity contribution in [1.82, 2.24) is 5.32 Å². The number of halogens is 1. The number of allylic oxidation sites excluding steroid dienone is 3. The number of methoxy groups -OCH3 is 2. The third-order valence-corrected chi connectivity index (χ3v) is 6.04. The fourth-order valence-electron chi connectivity index (χ4n) is 4.55. The van der Waals surface area contributed by atoms with Crippen LogP contribution in [0.1, 0.15) is 42.7 Å². The first-order valence-electron chi connectivity index (χ1n) is 10.1. The van der Waals surface area contributed by atoms with Crippen LogP contribution in [0.4, 0.5) is 4.39 Å². The van der Waals surface area contributed by atoms with E-state index in [2.05, 4.69) is 5.32 Å². The molecule has 2 atom stereocenters. The number of esters is 1. The lowest BCUT2D eigenvalue weighted by atomic mass is 9.71. The Balaban J connectivity index is 1.79. The summed E-state index contributed by atoms with van der Waals surface area (Å²) in [6.07, 6.45) is 0.870. The SMILES string of the molecule is COC(=O)C1=C(C)NC2=C(C(=O)C[C@@H](c3ccc(OC)cc3)C2)[C@@H]1c1ccccc1F. The zero-order valence-electron chi connectivity index (χ0n) is 17.7. The Morgan fingerprint density at radius 3 is 2.42 bits per heavy atom. The zero-order chi connectivity index (χ0) is 22.1. The molecule has 1 aliphatic heterocycles. The van der Waals surface area contributed by atoms with Gasteiger partial charge in [-0.25, -0.2) is 9.18 Å². The first-order valence-corrected chi connectivity index (χ1v) is 10.1. The first kappa shape index (κ1) is 20.8. The van der Waals surface area contributed by atoms with E-state index in [-0.39, 0.29) is 23.7 Å². The van der Waals surface area contributed by atoms with Gasteiger partial charge in [-0.2, -0.15) is 0 Å². The van der Waals surface area contributed by atoms with Gasteiger partial charge in [-0.3, -0.25) is 4.79 Å². The number of carbonyl (C=O) groups excluding carboxylic acids is 2. The highest BCUT2D eigenvalue weighted by atomic mass is 19.1. The fraction of sp³-hybridized carbons (Fsp3) is 0.280. The monoisotopic (exact) mass is 421 g/mol. The highest BCUT2D eigenvalue weighted by Gasteiger charge is 2.42. The molecule has 0 amide bonds. The van der Waals surface area contributed by atoms with Gasteiger partial charge in [0.25, 0.3) is 0 Å². The van der Waals surface area contributed by atoms with Gasteiger partial charge in [0.05, 0.1) is 25.7 Å². The van der Waals surface area contributed by atoms with Crippen LogP contribution in [-0.4, -0.2) is 26.0 Å². The zero-order valence-corrected chi connectivity index (χ0v) is 17.7. The Bertz CT molecular complexity index is 1100. The van der Waals surface area contributed by atoms with Crippen molar-refractivity contribution >= 4 is 11.8 Å². The van der Waals surface area contributed by atoms with E-state index in [0.29, 0.717) is 23.3 Å². The van der Waals surface area contributed by atoms with Gasteiger partial charge in [0.1, 0.15) is 11.6 Å². The van der Waals surface area contributed by atoms with E-state index in [1.807, 2.05) is 24.3 Å². The van der Waals surface area contributed by atoms with Gasteiger partial charge < -0.3 is 14.8 Å². The van der Waals surface area contributed by atoms with Crippen LogP contribution in [0.3, 0.4) is 0 Å². The molecule has 5 nitrogen and oxygen atoms in total. The summed E-state index contributed by atoms with van der Waals surface area (Å²) in [5.41, 5.74) is 3.35. The molecule has 0 unspecified atom stereocenters. The number of rotatable bonds is 4. The summed E-state index contributed by atoms with van der Waals surface area (Å²) < 4.78 is 25.0. The number of dihydropyridines is 1. The molecule has 6 heteroatoms. The van der Waals surface area contributed by atoms with Crippen LogP contribution >= 0.6 is 0 Å². The third-order valence-electron chi connectivity index (χ3n) is 6.04. The van der Waals surface area contributed by atoms with Gasteiger partial charge in [0.15, 0.2) is 5.78 Å². The van der Waals surface area contributed by atoms with E-state index in [1.165, 1.54) is 13.2 Å². The van der Waals surface area contributed by atoms with Crippen molar-refractivity contribution in [3.05, 3.63) is 88.0 Å². The Labute approximate surface area is 180 Å². The van der Waals surface area contributed by atoms with Crippen molar-refractivity contribution < 1.29 is 23.5 Å². The number of hydrogen-bond acceptors (Lipinski definition) is 5. The molecule has 4 rings (SSSR count). The molecule has 2 aromatic rings. The molecule has 1 N–H and O–H groups in total. The molecule has 0 bridgehead atoms. The Hall–Kier alpha value is -3.41. The molecule has 2 aliphatic rings. The number of benzene rings is 2. The van der Waals surface area contributed by atoms with E-state index < -0.39 is 17.7 Å². The number of ether oxygens (including phenoxy) is 2. The normalized spacial score (nSPS) is 20.8. The molecule has 0 fully saturated rings. The fourth-order valence-corrected chi connectivity index (χ4v) is 4.55. The quantitative estimate of drug-likeness (QED) is 0.743. The van der Waals surface area contributed by atoms with E-state index in [0.717, 1.165) is 17.0 Å². The summed E-state index contributed by atoms with van der Waals surface area (Å²) in [6, 6.07) is 13.9. The van der Waals surface area contributed by atoms with Crippen LogP contribution in [0.15, 0.2) is 71.1 Å². The van der Waals surface area contributed by atoms with E-state index in [4.69, 9.17) is 9.47 Å². The second kappa shape index (κ2) is 8.38. The number of Topliss-reactive ketones (excluding diaryl/α,β-unsaturated/α-hetero) is 1. The average Bonchev–Trinajstić information content (AvgIpc) is 2.78. The lowest BCUT2D eigenvalue weighted by molar-refractivity contribution is -0.136. The van der Waals surface area contributed by atoms with E-state index in [1.54, 1.807) is 32.2 Å². The van der Waals surface area contributed by atoms with Crippen molar-refractivity contribution in [1.29, 1.82) is 0 Å². The minimum atomic E-state index is -0.797. The molecule has 0 saturated carbocycles. The largest absolute Gasteiger partial charge is 0.497 e. The van der Waals surface area contributed by atoms with Gasteiger partial charge in [-0.15, -0.1) is 0 Å². The van der Waals surface area contributed by atoms with Gasteiger partial charge in [-0.05, 0) is 43.0 Å². The highest BCUT2D eigenvalue weighted by molar-refractivity contribution is 6.04. The molecule has 0 radical (unpaired) electrons. The Morgan fingerprint density at radius 1 is 1.06 bits per heavy atom. The second-order valence-corrected chi connectivity index (χ2v) is 7.80. The lowest BCUT2D eigenvalue weighted by Gasteiger charge is -2.36. The number of ketones is 1. The van der Waals surface area contributed by atoms with Gasteiger partial charge in [0, 0.05) is 29.0 Å². The Kier molecular flexibility index (Phi) is 5.63. The van der Waals surface area contributed by atoms with E-state index >= 15 is 0 Å². The van der Waals surface area contributed by atoms with Crippen molar-refractivity contribution in [2.75, 3.05) is 14.2 Å². The van der Waals surface area contributed by atoms with Gasteiger partial charge in [0.2, 0.25) is 0 Å². The predicted molar refractivity (Wildman–Crippen MR) is 114 cm³/mol. The smallest absolute Gasteiger partial charge is 0.336 e. The molecular formula is C25H24FNO4. The highest BCUT2D eigenvalue weighted by Crippen LogP contribution is 2.46. The summed E-state index contributed by atoms with van der Waals surface area (Å²) in [5.74, 6) is -1.19.